The normalized spacial score (nSPS) is 12.6. The zero-order chi connectivity index (χ0) is 13.7. The van der Waals surface area contributed by atoms with Crippen molar-refractivity contribution >= 4 is 22.9 Å². The smallest absolute Gasteiger partial charge is 0.0797 e. The van der Waals surface area contributed by atoms with Crippen LogP contribution in [0.1, 0.15) is 28.5 Å². The maximum atomic E-state index is 5.95. The lowest BCUT2D eigenvalue weighted by atomic mass is 9.93. The molecule has 0 fully saturated rings. The van der Waals surface area contributed by atoms with Gasteiger partial charge in [-0.3, -0.25) is 0 Å². The van der Waals surface area contributed by atoms with E-state index < -0.39 is 0 Å². The van der Waals surface area contributed by atoms with Gasteiger partial charge < -0.3 is 5.32 Å². The van der Waals surface area contributed by atoms with Crippen LogP contribution in [0, 0.1) is 6.92 Å². The van der Waals surface area contributed by atoms with Crippen molar-refractivity contribution in [1.82, 2.24) is 10.3 Å². The minimum absolute atomic E-state index is 0.517. The first-order chi connectivity index (χ1) is 9.20. The van der Waals surface area contributed by atoms with E-state index in [1.165, 1.54) is 16.1 Å². The Morgan fingerprint density at radius 1 is 1.32 bits per heavy atom. The number of hydrogen-bond donors (Lipinski definition) is 1. The van der Waals surface area contributed by atoms with Gasteiger partial charge in [-0.25, -0.2) is 4.98 Å². The van der Waals surface area contributed by atoms with E-state index in [9.17, 15) is 0 Å². The molecule has 0 saturated carbocycles. The third-order valence-electron chi connectivity index (χ3n) is 3.36. The fourth-order valence-corrected chi connectivity index (χ4v) is 3.16. The van der Waals surface area contributed by atoms with E-state index in [4.69, 9.17) is 11.6 Å². The van der Waals surface area contributed by atoms with Crippen LogP contribution in [-0.2, 0) is 6.42 Å². The lowest BCUT2D eigenvalue weighted by Gasteiger charge is -2.17. The Morgan fingerprint density at radius 2 is 2.05 bits per heavy atom. The van der Waals surface area contributed by atoms with Crippen LogP contribution in [0.4, 0.5) is 0 Å². The van der Waals surface area contributed by atoms with Crippen molar-refractivity contribution in [3.8, 4) is 0 Å². The molecule has 1 unspecified atom stereocenters. The van der Waals surface area contributed by atoms with Crippen molar-refractivity contribution in [2.75, 3.05) is 13.6 Å². The van der Waals surface area contributed by atoms with Gasteiger partial charge in [0, 0.05) is 16.4 Å². The van der Waals surface area contributed by atoms with E-state index in [-0.39, 0.29) is 0 Å². The minimum atomic E-state index is 0.517. The van der Waals surface area contributed by atoms with Crippen molar-refractivity contribution in [3.05, 3.63) is 50.9 Å². The largest absolute Gasteiger partial charge is 0.319 e. The highest BCUT2D eigenvalue weighted by molar-refractivity contribution is 7.09. The summed E-state index contributed by atoms with van der Waals surface area (Å²) in [5.41, 5.74) is 4.45. The second kappa shape index (κ2) is 7.04. The molecule has 1 heterocycles. The van der Waals surface area contributed by atoms with Gasteiger partial charge in [0.15, 0.2) is 0 Å². The van der Waals surface area contributed by atoms with Crippen molar-refractivity contribution in [1.29, 1.82) is 0 Å². The SMILES string of the molecule is CNCC(CCc1scnc1C)c1ccc(Cl)cc1. The number of aromatic nitrogens is 1. The second-order valence-electron chi connectivity index (χ2n) is 4.71. The predicted molar refractivity (Wildman–Crippen MR) is 83.3 cm³/mol. The van der Waals surface area contributed by atoms with Crippen LogP contribution in [-0.4, -0.2) is 18.6 Å². The molecule has 0 radical (unpaired) electrons. The number of likely N-dealkylation sites (N-methyl/N-ethyl adjacent to an activating group) is 1. The van der Waals surface area contributed by atoms with Crippen LogP contribution >= 0.6 is 22.9 Å². The summed E-state index contributed by atoms with van der Waals surface area (Å²) in [6.45, 7) is 3.07. The molecule has 0 saturated heterocycles. The van der Waals surface area contributed by atoms with Gasteiger partial charge in [-0.15, -0.1) is 11.3 Å². The molecular weight excluding hydrogens is 276 g/mol. The molecule has 0 spiro atoms. The maximum absolute atomic E-state index is 5.95. The summed E-state index contributed by atoms with van der Waals surface area (Å²) >= 11 is 7.70. The summed E-state index contributed by atoms with van der Waals surface area (Å²) < 4.78 is 0. The third kappa shape index (κ3) is 4.03. The molecule has 1 aromatic heterocycles. The average molecular weight is 295 g/mol. The van der Waals surface area contributed by atoms with Crippen molar-refractivity contribution < 1.29 is 0 Å². The van der Waals surface area contributed by atoms with E-state index in [0.717, 1.165) is 24.4 Å². The molecule has 1 aromatic carbocycles. The highest BCUT2D eigenvalue weighted by Gasteiger charge is 2.12. The fraction of sp³-hybridized carbons (Fsp3) is 0.400. The lowest BCUT2D eigenvalue weighted by molar-refractivity contribution is 0.585. The fourth-order valence-electron chi connectivity index (χ4n) is 2.24. The number of nitrogens with zero attached hydrogens (tertiary/aromatic N) is 1. The summed E-state index contributed by atoms with van der Waals surface area (Å²) in [5, 5.41) is 4.08. The standard InChI is InChI=1S/C15H19ClN2S/c1-11-15(19-10-18-11)8-5-13(9-17-2)12-3-6-14(16)7-4-12/h3-4,6-7,10,13,17H,5,8-9H2,1-2H3. The number of thiazole rings is 1. The quantitative estimate of drug-likeness (QED) is 0.870. The van der Waals surface area contributed by atoms with E-state index >= 15 is 0 Å². The van der Waals surface area contributed by atoms with Crippen LogP contribution in [0.2, 0.25) is 5.02 Å². The van der Waals surface area contributed by atoms with Crippen LogP contribution in [0.15, 0.2) is 29.8 Å². The highest BCUT2D eigenvalue weighted by Crippen LogP contribution is 2.25. The average Bonchev–Trinajstić information content (AvgIpc) is 2.81. The summed E-state index contributed by atoms with van der Waals surface area (Å²) in [6, 6.07) is 8.20. The van der Waals surface area contributed by atoms with Gasteiger partial charge in [-0.2, -0.15) is 0 Å². The Hall–Kier alpha value is -0.900. The minimum Gasteiger partial charge on any atom is -0.319 e. The third-order valence-corrected chi connectivity index (χ3v) is 4.60. The zero-order valence-electron chi connectivity index (χ0n) is 11.3. The number of nitrogens with one attached hydrogen (secondary N) is 1. The van der Waals surface area contributed by atoms with Gasteiger partial charge in [0.25, 0.3) is 0 Å². The Balaban J connectivity index is 2.04. The summed E-state index contributed by atoms with van der Waals surface area (Å²) in [5.74, 6) is 0.517. The molecule has 2 aromatic rings. The van der Waals surface area contributed by atoms with Crippen molar-refractivity contribution in [3.63, 3.8) is 0 Å². The molecule has 19 heavy (non-hydrogen) atoms. The molecule has 2 rings (SSSR count). The topological polar surface area (TPSA) is 24.9 Å². The first kappa shape index (κ1) is 14.5. The van der Waals surface area contributed by atoms with Crippen LogP contribution in [0.3, 0.4) is 0 Å². The maximum Gasteiger partial charge on any atom is 0.0797 e. The van der Waals surface area contributed by atoms with Crippen LogP contribution in [0.25, 0.3) is 0 Å². The first-order valence-corrected chi connectivity index (χ1v) is 7.75. The molecule has 102 valence electrons. The molecule has 0 aliphatic carbocycles. The second-order valence-corrected chi connectivity index (χ2v) is 6.08. The monoisotopic (exact) mass is 294 g/mol. The summed E-state index contributed by atoms with van der Waals surface area (Å²) in [6.07, 6.45) is 2.22. The molecule has 1 N–H and O–H groups in total. The van der Waals surface area contributed by atoms with E-state index in [1.54, 1.807) is 11.3 Å². The van der Waals surface area contributed by atoms with Gasteiger partial charge in [-0.1, -0.05) is 23.7 Å². The first-order valence-electron chi connectivity index (χ1n) is 6.49. The number of aryl methyl sites for hydroxylation is 2. The summed E-state index contributed by atoms with van der Waals surface area (Å²) in [7, 11) is 2.00. The Morgan fingerprint density at radius 3 is 2.63 bits per heavy atom. The summed E-state index contributed by atoms with van der Waals surface area (Å²) in [4.78, 5) is 5.71. The molecule has 0 amide bonds. The van der Waals surface area contributed by atoms with Gasteiger partial charge in [0.05, 0.1) is 11.2 Å². The van der Waals surface area contributed by atoms with E-state index in [2.05, 4.69) is 29.4 Å². The lowest BCUT2D eigenvalue weighted by Crippen LogP contribution is -2.17. The Kier molecular flexibility index (Phi) is 5.37. The van der Waals surface area contributed by atoms with Gasteiger partial charge >= 0.3 is 0 Å². The number of benzene rings is 1. The van der Waals surface area contributed by atoms with Crippen molar-refractivity contribution in [2.24, 2.45) is 0 Å². The number of rotatable bonds is 6. The molecule has 2 nitrogen and oxygen atoms in total. The molecular formula is C15H19ClN2S. The highest BCUT2D eigenvalue weighted by atomic mass is 35.5. The molecule has 0 aliphatic rings. The number of halogens is 1. The van der Waals surface area contributed by atoms with Crippen molar-refractivity contribution in [2.45, 2.75) is 25.7 Å². The van der Waals surface area contributed by atoms with Gasteiger partial charge in [0.1, 0.15) is 0 Å². The van der Waals surface area contributed by atoms with Gasteiger partial charge in [-0.05, 0) is 50.4 Å². The molecule has 0 aliphatic heterocycles. The number of hydrogen-bond acceptors (Lipinski definition) is 3. The van der Waals surface area contributed by atoms with Crippen LogP contribution in [0.5, 0.6) is 0 Å². The van der Waals surface area contributed by atoms with Gasteiger partial charge in [0.2, 0.25) is 0 Å². The van der Waals surface area contributed by atoms with E-state index in [1.807, 2.05) is 24.7 Å². The Labute approximate surface area is 123 Å². The molecule has 4 heteroatoms. The predicted octanol–water partition coefficient (Wildman–Crippen LogP) is 4.04. The Bertz CT molecular complexity index is 507. The zero-order valence-corrected chi connectivity index (χ0v) is 12.9. The van der Waals surface area contributed by atoms with Crippen LogP contribution < -0.4 is 5.32 Å². The molecule has 0 bridgehead atoms. The van der Waals surface area contributed by atoms with E-state index in [0.29, 0.717) is 5.92 Å². The molecule has 1 atom stereocenters.